The predicted octanol–water partition coefficient (Wildman–Crippen LogP) is 9.89. The first-order chi connectivity index (χ1) is 22.3. The maximum Gasteiger partial charge on any atom is 0.388 e. The van der Waals surface area contributed by atoms with Crippen molar-refractivity contribution in [3.05, 3.63) is 122 Å². The summed E-state index contributed by atoms with van der Waals surface area (Å²) in [5.41, 5.74) is 9.63. The first-order valence-corrected chi connectivity index (χ1v) is 38.5. The minimum Gasteiger partial charge on any atom is -0.433 e. The monoisotopic (exact) mass is 820 g/mol. The Hall–Kier alpha value is -1.36. The van der Waals surface area contributed by atoms with Gasteiger partial charge in [0.2, 0.25) is 8.32 Å². The van der Waals surface area contributed by atoms with Crippen LogP contribution in [0, 0.1) is 0 Å². The highest BCUT2D eigenvalue weighted by atomic mass is 28.5. The Kier molecular flexibility index (Phi) is 18.6. The van der Waals surface area contributed by atoms with Gasteiger partial charge in [0.1, 0.15) is 0 Å². The second-order valence-electron chi connectivity index (χ2n) is 15.2. The van der Waals surface area contributed by atoms with E-state index >= 15 is 0 Å². The Morgan fingerprint density at radius 3 is 1.00 bits per heavy atom. The Morgan fingerprint density at radius 1 is 0.380 bits per heavy atom. The van der Waals surface area contributed by atoms with Gasteiger partial charge in [-0.2, -0.15) is 0 Å². The van der Waals surface area contributed by atoms with Crippen LogP contribution in [-0.2, 0) is 24.7 Å². The van der Waals surface area contributed by atoms with Crippen molar-refractivity contribution in [3.63, 3.8) is 0 Å². The van der Waals surface area contributed by atoms with Crippen LogP contribution in [0.1, 0.15) is 7.43 Å². The molecule has 50 heavy (non-hydrogen) atoms. The van der Waals surface area contributed by atoms with Crippen molar-refractivity contribution in [2.24, 2.45) is 0 Å². The molecule has 2 aromatic rings. The highest BCUT2D eigenvalue weighted by Crippen LogP contribution is 2.27. The molecule has 6 nitrogen and oxygen atoms in total. The lowest BCUT2D eigenvalue weighted by molar-refractivity contribution is 0.338. The van der Waals surface area contributed by atoms with Crippen LogP contribution in [0.2, 0.25) is 85.1 Å². The van der Waals surface area contributed by atoms with Crippen molar-refractivity contribution in [1.29, 1.82) is 0 Å². The van der Waals surface area contributed by atoms with E-state index in [2.05, 4.69) is 136 Å². The summed E-state index contributed by atoms with van der Waals surface area (Å²) in [5, 5.41) is 2.19. The van der Waals surface area contributed by atoms with E-state index in [4.69, 9.17) is 24.7 Å². The fourth-order valence-electron chi connectivity index (χ4n) is 5.04. The molecule has 1 atom stereocenters. The van der Waals surface area contributed by atoms with E-state index in [9.17, 15) is 0 Å². The van der Waals surface area contributed by atoms with Crippen molar-refractivity contribution in [1.82, 2.24) is 0 Å². The summed E-state index contributed by atoms with van der Waals surface area (Å²) >= 11 is 0. The molecule has 0 saturated carbocycles. The van der Waals surface area contributed by atoms with E-state index < -0.39 is 67.5 Å². The molecule has 0 heterocycles. The van der Waals surface area contributed by atoms with Gasteiger partial charge in [0.25, 0.3) is 0 Å². The third-order valence-electron chi connectivity index (χ3n) is 7.37. The average molecular weight is 822 g/mol. The molecule has 0 radical (unpaired) electrons. The van der Waals surface area contributed by atoms with E-state index in [1.54, 1.807) is 0 Å². The molecule has 0 aliphatic heterocycles. The largest absolute Gasteiger partial charge is 0.433 e. The normalized spacial score (nSPS) is 14.2. The third kappa shape index (κ3) is 16.1. The van der Waals surface area contributed by atoms with Crippen LogP contribution in [0.25, 0.3) is 0 Å². The molecular formula is C36H68O6Si8. The van der Waals surface area contributed by atoms with E-state index in [0.29, 0.717) is 0 Å². The summed E-state index contributed by atoms with van der Waals surface area (Å²) in [6.45, 7) is 47.1. The second kappa shape index (κ2) is 19.1. The minimum absolute atomic E-state index is 0. The quantitative estimate of drug-likeness (QED) is 0.132. The summed E-state index contributed by atoms with van der Waals surface area (Å²) in [6, 6.07) is 20.7. The maximum absolute atomic E-state index is 7.08. The molecule has 0 aliphatic carbocycles. The number of benzene rings is 2. The summed E-state index contributed by atoms with van der Waals surface area (Å²) in [6.07, 6.45) is 0. The molecule has 0 amide bonds. The van der Waals surface area contributed by atoms with Crippen molar-refractivity contribution in [3.8, 4) is 0 Å². The summed E-state index contributed by atoms with van der Waals surface area (Å²) in [4.78, 5) is 0. The molecule has 0 aliphatic rings. The third-order valence-corrected chi connectivity index (χ3v) is 36.1. The molecule has 1 unspecified atom stereocenters. The molecule has 0 spiro atoms. The van der Waals surface area contributed by atoms with Crippen LogP contribution >= 0.6 is 0 Å². The Labute approximate surface area is 315 Å². The molecule has 2 rings (SSSR count). The molecule has 0 bridgehead atoms. The van der Waals surface area contributed by atoms with Crippen LogP contribution in [0.15, 0.2) is 122 Å². The fraction of sp³-hybridized carbons (Fsp3) is 0.389. The van der Waals surface area contributed by atoms with Gasteiger partial charge in [0.15, 0.2) is 25.0 Å². The minimum atomic E-state index is -3.04. The van der Waals surface area contributed by atoms with Gasteiger partial charge in [-0.05, 0) is 95.5 Å². The van der Waals surface area contributed by atoms with E-state index in [1.165, 1.54) is 0 Å². The van der Waals surface area contributed by atoms with Gasteiger partial charge in [0, 0.05) is 0 Å². The first-order valence-electron chi connectivity index (χ1n) is 16.8. The zero-order chi connectivity index (χ0) is 38.0. The van der Waals surface area contributed by atoms with Crippen LogP contribution in [0.5, 0.6) is 0 Å². The van der Waals surface area contributed by atoms with Gasteiger partial charge < -0.3 is 24.7 Å². The van der Waals surface area contributed by atoms with Crippen molar-refractivity contribution in [2.75, 3.05) is 0 Å². The topological polar surface area (TPSA) is 55.4 Å². The molecule has 14 heteroatoms. The molecule has 280 valence electrons. The smallest absolute Gasteiger partial charge is 0.388 e. The molecular weight excluding hydrogens is 753 g/mol. The molecule has 0 N–H and O–H groups in total. The van der Waals surface area contributed by atoms with Crippen LogP contribution in [0.4, 0.5) is 0 Å². The zero-order valence-electron chi connectivity index (χ0n) is 32.6. The second-order valence-corrected chi connectivity index (χ2v) is 45.0. The number of hydrogen-bond donors (Lipinski definition) is 0. The van der Waals surface area contributed by atoms with Gasteiger partial charge in [-0.3, -0.25) is 0 Å². The summed E-state index contributed by atoms with van der Waals surface area (Å²) in [5.74, 6) is 0. The van der Waals surface area contributed by atoms with Crippen molar-refractivity contribution >= 4 is 77.9 Å². The molecule has 0 fully saturated rings. The van der Waals surface area contributed by atoms with Crippen LogP contribution in [-0.4, -0.2) is 67.5 Å². The molecule has 0 aromatic heterocycles. The first kappa shape index (κ1) is 48.6. The summed E-state index contributed by atoms with van der Waals surface area (Å²) < 4.78 is 39.6. The predicted molar refractivity (Wildman–Crippen MR) is 239 cm³/mol. The zero-order valence-corrected chi connectivity index (χ0v) is 40.6. The molecule has 2 aromatic carbocycles. The Morgan fingerprint density at radius 2 is 0.680 bits per heavy atom. The highest BCUT2D eigenvalue weighted by molar-refractivity contribution is 7.03. The van der Waals surface area contributed by atoms with E-state index in [-0.39, 0.29) is 7.43 Å². The lowest BCUT2D eigenvalue weighted by atomic mass is 10.4. The van der Waals surface area contributed by atoms with Crippen LogP contribution in [0.3, 0.4) is 0 Å². The Bertz CT molecular complexity index is 1360. The van der Waals surface area contributed by atoms with Crippen molar-refractivity contribution in [2.45, 2.75) is 92.5 Å². The van der Waals surface area contributed by atoms with E-state index in [1.807, 2.05) is 71.4 Å². The van der Waals surface area contributed by atoms with Gasteiger partial charge in [-0.25, -0.2) is 0 Å². The van der Waals surface area contributed by atoms with Gasteiger partial charge >= 0.3 is 34.2 Å². The number of rotatable bonds is 19. The van der Waals surface area contributed by atoms with Gasteiger partial charge in [-0.15, -0.1) is 32.9 Å². The lowest BCUT2D eigenvalue weighted by Crippen LogP contribution is -2.71. The Balaban J connectivity index is 0.00000101. The van der Waals surface area contributed by atoms with Gasteiger partial charge in [0.05, 0.1) is 0 Å². The number of hydrogen-bond acceptors (Lipinski definition) is 6. The highest BCUT2D eigenvalue weighted by Gasteiger charge is 2.51. The SMILES string of the molecule is C.C=C[Si](C)(C)O[Si](C)(C)O[Si](C)(C=C)O[Si](C)(C)C=C.C=C[Si](C)(C)O[Si](C)(C)O[Si](O[Si](C)(C)C=C)(c1ccccc1)c1ccccc1. The summed E-state index contributed by atoms with van der Waals surface area (Å²) in [7, 11) is -18.3. The standard InChI is InChI=1S/C22H34O3Si4.C13H30O3Si4.CH4/c1-9-26(3,4)23-28(7,8)25-29(24-27(5,6)10-2,21-17-13-11-14-18-21)22-19-15-12-16-20-22;1-11-17(4,5)14-19(8,9)16-20(10,13-3)15-18(6,7)12-2;/h9-20H,1-2H2,3-8H3;11-13H,1-3H2,4-10H3;1H4. The van der Waals surface area contributed by atoms with Crippen LogP contribution < -0.4 is 10.4 Å². The fourth-order valence-corrected chi connectivity index (χ4v) is 36.6. The average Bonchev–Trinajstić information content (AvgIpc) is 3.00. The lowest BCUT2D eigenvalue weighted by Gasteiger charge is -2.43. The van der Waals surface area contributed by atoms with Crippen molar-refractivity contribution < 1.29 is 24.7 Å². The molecule has 0 saturated heterocycles. The van der Waals surface area contributed by atoms with E-state index in [0.717, 1.165) is 10.4 Å². The van der Waals surface area contributed by atoms with Gasteiger partial charge in [-0.1, -0.05) is 96.6 Å². The maximum atomic E-state index is 7.08.